The number of ether oxygens (including phenoxy) is 1. The number of benzene rings is 2. The van der Waals surface area contributed by atoms with Crippen LogP contribution in [0.4, 0.5) is 14.9 Å². The third-order valence-corrected chi connectivity index (χ3v) is 7.36. The Kier molecular flexibility index (Phi) is 8.96. The molecule has 36 heavy (non-hydrogen) atoms. The van der Waals surface area contributed by atoms with E-state index in [4.69, 9.17) is 16.3 Å². The normalized spacial score (nSPS) is 15.0. The number of carbonyl (C=O) groups is 2. The maximum atomic E-state index is 13.6. The summed E-state index contributed by atoms with van der Waals surface area (Å²) in [4.78, 5) is 31.1. The van der Waals surface area contributed by atoms with Crippen molar-refractivity contribution in [3.8, 4) is 0 Å². The van der Waals surface area contributed by atoms with Gasteiger partial charge in [0.05, 0.1) is 12.6 Å². The van der Waals surface area contributed by atoms with E-state index < -0.39 is 0 Å². The zero-order valence-electron chi connectivity index (χ0n) is 20.1. The van der Waals surface area contributed by atoms with E-state index in [-0.39, 0.29) is 30.4 Å². The average molecular weight is 530 g/mol. The zero-order valence-corrected chi connectivity index (χ0v) is 21.7. The number of nitrogens with one attached hydrogen (secondary N) is 1. The van der Waals surface area contributed by atoms with E-state index in [1.54, 1.807) is 52.6 Å². The molecule has 190 valence electrons. The molecule has 0 bridgehead atoms. The molecule has 0 radical (unpaired) electrons. The lowest BCUT2D eigenvalue weighted by Gasteiger charge is -2.29. The topological polar surface area (TPSA) is 61.9 Å². The molecule has 2 heterocycles. The molecule has 3 aromatic rings. The molecule has 1 fully saturated rings. The number of thiophene rings is 1. The number of aryl methyl sites for hydroxylation is 1. The summed E-state index contributed by atoms with van der Waals surface area (Å²) in [5.41, 5.74) is 2.51. The van der Waals surface area contributed by atoms with Crippen LogP contribution < -0.4 is 5.32 Å². The first kappa shape index (κ1) is 26.1. The van der Waals surface area contributed by atoms with Gasteiger partial charge in [-0.25, -0.2) is 9.18 Å². The summed E-state index contributed by atoms with van der Waals surface area (Å²) in [6.45, 7) is 3.59. The standard InChI is InChI=1S/C27H29ClFN3O3S/c1-19-12-14-36-25(19)17-31(15-20-4-8-22(29)9-5-20)26(33)18-32(16-24-3-2-13-35-24)27(34)30-23-10-6-21(28)7-11-23/h4-12,14,24H,2-3,13,15-18H2,1H3,(H,30,34). The van der Waals surface area contributed by atoms with Crippen molar-refractivity contribution in [1.82, 2.24) is 9.80 Å². The van der Waals surface area contributed by atoms with E-state index in [0.717, 1.165) is 28.8 Å². The maximum absolute atomic E-state index is 13.6. The van der Waals surface area contributed by atoms with E-state index in [1.165, 1.54) is 17.0 Å². The fraction of sp³-hybridized carbons (Fsp3) is 0.333. The Bertz CT molecular complexity index is 1160. The van der Waals surface area contributed by atoms with E-state index in [9.17, 15) is 14.0 Å². The van der Waals surface area contributed by atoms with Crippen LogP contribution in [0.15, 0.2) is 60.0 Å². The summed E-state index contributed by atoms with van der Waals surface area (Å²) in [6, 6.07) is 14.6. The zero-order chi connectivity index (χ0) is 25.5. The van der Waals surface area contributed by atoms with Crippen LogP contribution in [0.25, 0.3) is 0 Å². The van der Waals surface area contributed by atoms with Gasteiger partial charge in [0, 0.05) is 35.3 Å². The van der Waals surface area contributed by atoms with Crippen molar-refractivity contribution in [1.29, 1.82) is 0 Å². The van der Waals surface area contributed by atoms with Crippen LogP contribution in [0.5, 0.6) is 0 Å². The van der Waals surface area contributed by atoms with Gasteiger partial charge in [0.2, 0.25) is 5.91 Å². The number of rotatable bonds is 9. The molecule has 2 aromatic carbocycles. The average Bonchev–Trinajstić information content (AvgIpc) is 3.52. The molecule has 4 rings (SSSR count). The van der Waals surface area contributed by atoms with Crippen molar-refractivity contribution in [3.05, 3.63) is 86.8 Å². The lowest BCUT2D eigenvalue weighted by atomic mass is 10.2. The lowest BCUT2D eigenvalue weighted by Crippen LogP contribution is -2.46. The Balaban J connectivity index is 1.52. The molecule has 6 nitrogen and oxygen atoms in total. The molecule has 1 aromatic heterocycles. The molecule has 1 aliphatic rings. The van der Waals surface area contributed by atoms with Crippen molar-refractivity contribution in [2.45, 2.75) is 39.0 Å². The number of anilines is 1. The number of urea groups is 1. The first-order valence-corrected chi connectivity index (χ1v) is 13.1. The molecule has 1 saturated heterocycles. The number of nitrogens with zero attached hydrogens (tertiary/aromatic N) is 2. The van der Waals surface area contributed by atoms with E-state index in [1.807, 2.05) is 18.4 Å². The molecule has 1 atom stereocenters. The minimum Gasteiger partial charge on any atom is -0.376 e. The molecule has 0 spiro atoms. The SMILES string of the molecule is Cc1ccsc1CN(Cc1ccc(F)cc1)C(=O)CN(CC1CCCO1)C(=O)Nc1ccc(Cl)cc1. The Morgan fingerprint density at radius 2 is 1.83 bits per heavy atom. The predicted molar refractivity (Wildman–Crippen MR) is 141 cm³/mol. The third-order valence-electron chi connectivity index (χ3n) is 6.10. The summed E-state index contributed by atoms with van der Waals surface area (Å²) >= 11 is 7.55. The minimum absolute atomic E-state index is 0.106. The summed E-state index contributed by atoms with van der Waals surface area (Å²) in [7, 11) is 0. The highest BCUT2D eigenvalue weighted by Gasteiger charge is 2.27. The van der Waals surface area contributed by atoms with Crippen molar-refractivity contribution in [2.75, 3.05) is 25.0 Å². The summed E-state index contributed by atoms with van der Waals surface area (Å²) in [6.07, 6.45) is 1.66. The van der Waals surface area contributed by atoms with Gasteiger partial charge in [-0.1, -0.05) is 23.7 Å². The highest BCUT2D eigenvalue weighted by Crippen LogP contribution is 2.21. The van der Waals surface area contributed by atoms with E-state index in [2.05, 4.69) is 5.32 Å². The van der Waals surface area contributed by atoms with Gasteiger partial charge in [-0.05, 0) is 78.7 Å². The highest BCUT2D eigenvalue weighted by molar-refractivity contribution is 7.10. The van der Waals surface area contributed by atoms with Crippen molar-refractivity contribution in [3.63, 3.8) is 0 Å². The smallest absolute Gasteiger partial charge is 0.322 e. The van der Waals surface area contributed by atoms with E-state index >= 15 is 0 Å². The van der Waals surface area contributed by atoms with Gasteiger partial charge in [-0.3, -0.25) is 4.79 Å². The monoisotopic (exact) mass is 529 g/mol. The largest absolute Gasteiger partial charge is 0.376 e. The molecule has 0 saturated carbocycles. The second-order valence-corrected chi connectivity index (χ2v) is 10.3. The van der Waals surface area contributed by atoms with Gasteiger partial charge in [0.1, 0.15) is 12.4 Å². The number of amides is 3. The fourth-order valence-corrected chi connectivity index (χ4v) is 5.08. The van der Waals surface area contributed by atoms with Crippen molar-refractivity contribution in [2.24, 2.45) is 0 Å². The first-order chi connectivity index (χ1) is 17.4. The second-order valence-electron chi connectivity index (χ2n) is 8.86. The van der Waals surface area contributed by atoms with Crippen LogP contribution in [0.2, 0.25) is 5.02 Å². The Labute approximate surface area is 219 Å². The summed E-state index contributed by atoms with van der Waals surface area (Å²) in [5.74, 6) is -0.524. The summed E-state index contributed by atoms with van der Waals surface area (Å²) in [5, 5.41) is 5.42. The van der Waals surface area contributed by atoms with Gasteiger partial charge in [-0.2, -0.15) is 0 Å². The van der Waals surface area contributed by atoms with Crippen LogP contribution >= 0.6 is 22.9 Å². The molecule has 0 aliphatic carbocycles. The second kappa shape index (κ2) is 12.3. The maximum Gasteiger partial charge on any atom is 0.322 e. The fourth-order valence-electron chi connectivity index (χ4n) is 4.03. The van der Waals surface area contributed by atoms with Crippen LogP contribution in [-0.2, 0) is 22.6 Å². The van der Waals surface area contributed by atoms with Gasteiger partial charge < -0.3 is 19.9 Å². The molecular weight excluding hydrogens is 501 g/mol. The van der Waals surface area contributed by atoms with E-state index in [0.29, 0.717) is 37.0 Å². The Morgan fingerprint density at radius 3 is 2.47 bits per heavy atom. The highest BCUT2D eigenvalue weighted by atomic mass is 35.5. The molecule has 3 amide bonds. The quantitative estimate of drug-likeness (QED) is 0.365. The van der Waals surface area contributed by atoms with Crippen molar-refractivity contribution < 1.29 is 18.7 Å². The Hall–Kier alpha value is -2.94. The van der Waals surface area contributed by atoms with Gasteiger partial charge in [-0.15, -0.1) is 11.3 Å². The predicted octanol–water partition coefficient (Wildman–Crippen LogP) is 6.09. The minimum atomic E-state index is -0.379. The molecule has 1 N–H and O–H groups in total. The number of carbonyl (C=O) groups excluding carboxylic acids is 2. The van der Waals surface area contributed by atoms with Crippen LogP contribution in [-0.4, -0.2) is 47.5 Å². The van der Waals surface area contributed by atoms with Gasteiger partial charge >= 0.3 is 6.03 Å². The Morgan fingerprint density at radius 1 is 1.08 bits per heavy atom. The summed E-state index contributed by atoms with van der Waals surface area (Å²) < 4.78 is 19.2. The lowest BCUT2D eigenvalue weighted by molar-refractivity contribution is -0.133. The van der Waals surface area contributed by atoms with Crippen LogP contribution in [0.3, 0.4) is 0 Å². The molecular formula is C27H29ClFN3O3S. The molecule has 1 unspecified atom stereocenters. The van der Waals surface area contributed by atoms with Crippen molar-refractivity contribution >= 4 is 40.6 Å². The first-order valence-electron chi connectivity index (χ1n) is 11.9. The van der Waals surface area contributed by atoms with Crippen LogP contribution in [0.1, 0.15) is 28.8 Å². The third kappa shape index (κ3) is 7.29. The van der Waals surface area contributed by atoms with Crippen LogP contribution in [0, 0.1) is 12.7 Å². The number of hydrogen-bond donors (Lipinski definition) is 1. The number of hydrogen-bond acceptors (Lipinski definition) is 4. The van der Waals surface area contributed by atoms with Gasteiger partial charge in [0.15, 0.2) is 0 Å². The molecule has 1 aliphatic heterocycles. The number of halogens is 2. The molecule has 9 heteroatoms. The van der Waals surface area contributed by atoms with Gasteiger partial charge in [0.25, 0.3) is 0 Å².